The number of ether oxygens (including phenoxy) is 1. The molecule has 1 amide bonds. The predicted octanol–water partition coefficient (Wildman–Crippen LogP) is 0.489. The molecule has 0 bridgehead atoms. The second kappa shape index (κ2) is 5.74. The lowest BCUT2D eigenvalue weighted by atomic mass is 10.3. The molecule has 0 aliphatic carbocycles. The van der Waals surface area contributed by atoms with Crippen LogP contribution in [0.3, 0.4) is 0 Å². The van der Waals surface area contributed by atoms with Crippen LogP contribution in [0.4, 0.5) is 5.69 Å². The summed E-state index contributed by atoms with van der Waals surface area (Å²) >= 11 is 5.23. The number of sulfonamides is 1. The van der Waals surface area contributed by atoms with Crippen molar-refractivity contribution in [3.05, 3.63) is 24.3 Å². The zero-order valence-corrected chi connectivity index (χ0v) is 10.3. The summed E-state index contributed by atoms with van der Waals surface area (Å²) < 4.78 is 29.5. The van der Waals surface area contributed by atoms with Gasteiger partial charge in [0.15, 0.2) is 6.61 Å². The number of carbonyl (C=O) groups excluding carboxylic acids is 1. The van der Waals surface area contributed by atoms with E-state index in [1.165, 1.54) is 24.3 Å². The number of carbonyl (C=O) groups is 1. The molecule has 0 saturated heterocycles. The number of nitrogens with one attached hydrogen (secondary N) is 1. The molecule has 0 radical (unpaired) electrons. The highest BCUT2D eigenvalue weighted by atomic mass is 35.5. The maximum Gasteiger partial charge on any atom is 0.255 e. The van der Waals surface area contributed by atoms with Crippen LogP contribution in [-0.2, 0) is 14.8 Å². The first kappa shape index (κ1) is 13.6. The summed E-state index contributed by atoms with van der Waals surface area (Å²) in [5.41, 5.74) is 5.26. The molecule has 0 spiro atoms. The molecule has 0 atom stereocenters. The highest BCUT2D eigenvalue weighted by molar-refractivity contribution is 7.93. The minimum absolute atomic E-state index is 0.229. The van der Waals surface area contributed by atoms with E-state index in [-0.39, 0.29) is 6.61 Å². The molecular weight excluding hydrogens is 268 g/mol. The summed E-state index contributed by atoms with van der Waals surface area (Å²) in [6, 6.07) is 5.99. The number of rotatable bonds is 6. The fourth-order valence-corrected chi connectivity index (χ4v) is 1.69. The van der Waals surface area contributed by atoms with Crippen LogP contribution in [0, 0.1) is 0 Å². The Morgan fingerprint density at radius 3 is 2.41 bits per heavy atom. The SMILES string of the molecule is NC(=O)COc1ccc(NS(=O)(=O)CCl)cc1. The first-order valence-electron chi connectivity index (χ1n) is 4.50. The predicted molar refractivity (Wildman–Crippen MR) is 64.4 cm³/mol. The van der Waals surface area contributed by atoms with E-state index >= 15 is 0 Å². The molecule has 0 aromatic heterocycles. The van der Waals surface area contributed by atoms with Crippen molar-refractivity contribution >= 4 is 33.2 Å². The monoisotopic (exact) mass is 278 g/mol. The zero-order valence-electron chi connectivity index (χ0n) is 8.72. The molecule has 3 N–H and O–H groups in total. The number of nitrogens with two attached hydrogens (primary N) is 1. The molecule has 1 aromatic carbocycles. The molecule has 0 unspecified atom stereocenters. The van der Waals surface area contributed by atoms with Crippen molar-refractivity contribution in [3.63, 3.8) is 0 Å². The minimum atomic E-state index is -3.51. The Hall–Kier alpha value is -1.47. The van der Waals surface area contributed by atoms with Gasteiger partial charge < -0.3 is 10.5 Å². The number of anilines is 1. The highest BCUT2D eigenvalue weighted by Crippen LogP contribution is 2.16. The van der Waals surface area contributed by atoms with Gasteiger partial charge in [0.2, 0.25) is 10.0 Å². The Morgan fingerprint density at radius 2 is 1.94 bits per heavy atom. The molecule has 6 nitrogen and oxygen atoms in total. The summed E-state index contributed by atoms with van der Waals surface area (Å²) in [5.74, 6) is -0.172. The Bertz CT molecular complexity index is 486. The lowest BCUT2D eigenvalue weighted by molar-refractivity contribution is -0.119. The molecule has 0 aliphatic rings. The van der Waals surface area contributed by atoms with Crippen molar-refractivity contribution in [1.82, 2.24) is 0 Å². The second-order valence-corrected chi connectivity index (χ2v) is 5.41. The fraction of sp³-hybridized carbons (Fsp3) is 0.222. The molecule has 8 heteroatoms. The number of amides is 1. The lowest BCUT2D eigenvalue weighted by Crippen LogP contribution is -2.20. The van der Waals surface area contributed by atoms with Gasteiger partial charge in [-0.1, -0.05) is 0 Å². The van der Waals surface area contributed by atoms with E-state index in [0.29, 0.717) is 11.4 Å². The Labute approximate surface area is 104 Å². The molecule has 0 fully saturated rings. The van der Waals surface area contributed by atoms with E-state index in [4.69, 9.17) is 22.1 Å². The van der Waals surface area contributed by atoms with E-state index < -0.39 is 21.1 Å². The molecule has 94 valence electrons. The summed E-state index contributed by atoms with van der Waals surface area (Å²) in [5, 5.41) is -0.521. The van der Waals surface area contributed by atoms with Gasteiger partial charge in [-0.2, -0.15) is 0 Å². The third-order valence-corrected chi connectivity index (χ3v) is 3.35. The van der Waals surface area contributed by atoms with Gasteiger partial charge in [0.25, 0.3) is 5.91 Å². The molecular formula is C9H11ClN2O4S. The summed E-state index contributed by atoms with van der Waals surface area (Å²) in [6.07, 6.45) is 0. The molecule has 0 saturated carbocycles. The van der Waals surface area contributed by atoms with Crippen LogP contribution in [0.25, 0.3) is 0 Å². The van der Waals surface area contributed by atoms with Gasteiger partial charge in [0.1, 0.15) is 11.0 Å². The topological polar surface area (TPSA) is 98.5 Å². The van der Waals surface area contributed by atoms with Gasteiger partial charge in [0.05, 0.1) is 0 Å². The summed E-state index contributed by atoms with van der Waals surface area (Å²) in [6.45, 7) is -0.229. The van der Waals surface area contributed by atoms with Gasteiger partial charge in [-0.05, 0) is 24.3 Å². The van der Waals surface area contributed by atoms with Crippen molar-refractivity contribution in [2.45, 2.75) is 0 Å². The molecule has 0 aliphatic heterocycles. The smallest absolute Gasteiger partial charge is 0.255 e. The Balaban J connectivity index is 2.65. The maximum absolute atomic E-state index is 11.1. The van der Waals surface area contributed by atoms with Crippen LogP contribution in [0.5, 0.6) is 5.75 Å². The van der Waals surface area contributed by atoms with E-state index in [1.54, 1.807) is 0 Å². The summed E-state index contributed by atoms with van der Waals surface area (Å²) in [4.78, 5) is 10.5. The number of primary amides is 1. The highest BCUT2D eigenvalue weighted by Gasteiger charge is 2.07. The maximum atomic E-state index is 11.1. The minimum Gasteiger partial charge on any atom is -0.484 e. The number of benzene rings is 1. The Morgan fingerprint density at radius 1 is 1.35 bits per heavy atom. The van der Waals surface area contributed by atoms with Crippen molar-refractivity contribution in [1.29, 1.82) is 0 Å². The first-order valence-corrected chi connectivity index (χ1v) is 6.69. The number of alkyl halides is 1. The second-order valence-electron chi connectivity index (χ2n) is 3.11. The van der Waals surface area contributed by atoms with Gasteiger partial charge in [-0.25, -0.2) is 8.42 Å². The van der Waals surface area contributed by atoms with Gasteiger partial charge >= 0.3 is 0 Å². The third-order valence-electron chi connectivity index (χ3n) is 1.65. The lowest BCUT2D eigenvalue weighted by Gasteiger charge is -2.07. The average Bonchev–Trinajstić information content (AvgIpc) is 2.28. The van der Waals surface area contributed by atoms with Crippen LogP contribution in [0.1, 0.15) is 0 Å². The number of hydrogen-bond acceptors (Lipinski definition) is 4. The average molecular weight is 279 g/mol. The normalized spacial score (nSPS) is 10.9. The summed E-state index contributed by atoms with van der Waals surface area (Å²) in [7, 11) is -3.51. The number of halogens is 1. The van der Waals surface area contributed by atoms with Crippen molar-refractivity contribution in [2.24, 2.45) is 5.73 Å². The molecule has 17 heavy (non-hydrogen) atoms. The number of hydrogen-bond donors (Lipinski definition) is 2. The third kappa shape index (κ3) is 4.92. The van der Waals surface area contributed by atoms with Crippen LogP contribution >= 0.6 is 11.6 Å². The van der Waals surface area contributed by atoms with Gasteiger partial charge in [-0.3, -0.25) is 9.52 Å². The standard InChI is InChI=1S/C9H11ClN2O4S/c10-6-17(14,15)12-7-1-3-8(4-2-7)16-5-9(11)13/h1-4,12H,5-6H2,(H2,11,13). The van der Waals surface area contributed by atoms with Gasteiger partial charge in [-0.15, -0.1) is 11.6 Å². The van der Waals surface area contributed by atoms with Crippen molar-refractivity contribution in [3.8, 4) is 5.75 Å². The van der Waals surface area contributed by atoms with E-state index in [2.05, 4.69) is 4.72 Å². The van der Waals surface area contributed by atoms with Crippen LogP contribution in [0.15, 0.2) is 24.3 Å². The quantitative estimate of drug-likeness (QED) is 0.740. The van der Waals surface area contributed by atoms with E-state index in [0.717, 1.165) is 0 Å². The van der Waals surface area contributed by atoms with E-state index in [1.807, 2.05) is 0 Å². The van der Waals surface area contributed by atoms with Crippen LogP contribution in [-0.4, -0.2) is 26.1 Å². The fourth-order valence-electron chi connectivity index (χ4n) is 0.981. The Kier molecular flexibility index (Phi) is 4.59. The first-order chi connectivity index (χ1) is 7.93. The van der Waals surface area contributed by atoms with Crippen molar-refractivity contribution in [2.75, 3.05) is 16.5 Å². The van der Waals surface area contributed by atoms with E-state index in [9.17, 15) is 13.2 Å². The van der Waals surface area contributed by atoms with Gasteiger partial charge in [0, 0.05) is 5.69 Å². The molecule has 1 rings (SSSR count). The molecule has 0 heterocycles. The molecule has 1 aromatic rings. The van der Waals surface area contributed by atoms with Crippen LogP contribution in [0.2, 0.25) is 0 Å². The zero-order chi connectivity index (χ0) is 12.9. The van der Waals surface area contributed by atoms with Crippen LogP contribution < -0.4 is 15.2 Å². The van der Waals surface area contributed by atoms with Crippen molar-refractivity contribution < 1.29 is 17.9 Å². The largest absolute Gasteiger partial charge is 0.484 e.